The number of rotatable bonds is 5. The van der Waals surface area contributed by atoms with Crippen LogP contribution in [0, 0.1) is 0 Å². The zero-order valence-corrected chi connectivity index (χ0v) is 13.2. The number of nitrogens with one attached hydrogen (secondary N) is 1. The van der Waals surface area contributed by atoms with E-state index in [1.54, 1.807) is 14.0 Å². The van der Waals surface area contributed by atoms with Gasteiger partial charge in [0, 0.05) is 45.2 Å². The molecule has 0 saturated carbocycles. The topological polar surface area (TPSA) is 61.9 Å². The Labute approximate surface area is 131 Å². The molecular weight excluding hydrogens is 282 g/mol. The van der Waals surface area contributed by atoms with Crippen LogP contribution in [0.5, 0.6) is 5.75 Å². The molecule has 1 heterocycles. The summed E-state index contributed by atoms with van der Waals surface area (Å²) in [7, 11) is 1.62. The van der Waals surface area contributed by atoms with Crippen molar-refractivity contribution in [3.05, 3.63) is 29.8 Å². The number of amides is 2. The summed E-state index contributed by atoms with van der Waals surface area (Å²) in [5.41, 5.74) is 0.958. The van der Waals surface area contributed by atoms with Crippen LogP contribution in [0.3, 0.4) is 0 Å². The normalized spacial score (nSPS) is 15.5. The van der Waals surface area contributed by atoms with Crippen LogP contribution in [-0.2, 0) is 16.1 Å². The summed E-state index contributed by atoms with van der Waals surface area (Å²) in [5.74, 6) is 0.861. The van der Waals surface area contributed by atoms with E-state index >= 15 is 0 Å². The lowest BCUT2D eigenvalue weighted by Crippen LogP contribution is -2.50. The highest BCUT2D eigenvalue weighted by atomic mass is 16.5. The van der Waals surface area contributed by atoms with Crippen molar-refractivity contribution in [1.82, 2.24) is 15.1 Å². The van der Waals surface area contributed by atoms with Crippen LogP contribution in [0.2, 0.25) is 0 Å². The molecule has 0 unspecified atom stereocenters. The minimum absolute atomic E-state index is 0.0119. The molecule has 1 fully saturated rings. The molecular formula is C16H23N3O3. The Hall–Kier alpha value is -2.08. The van der Waals surface area contributed by atoms with Gasteiger partial charge in [0.05, 0.1) is 13.7 Å². The van der Waals surface area contributed by atoms with Crippen LogP contribution < -0.4 is 10.1 Å². The van der Waals surface area contributed by atoms with Gasteiger partial charge in [-0.15, -0.1) is 0 Å². The van der Waals surface area contributed by atoms with E-state index in [1.165, 1.54) is 0 Å². The first kappa shape index (κ1) is 16.3. The van der Waals surface area contributed by atoms with Gasteiger partial charge in [0.25, 0.3) is 0 Å². The average molecular weight is 305 g/mol. The van der Waals surface area contributed by atoms with Gasteiger partial charge in [-0.25, -0.2) is 0 Å². The molecule has 0 aromatic heterocycles. The lowest BCUT2D eigenvalue weighted by molar-refractivity contribution is -0.131. The van der Waals surface area contributed by atoms with Crippen molar-refractivity contribution in [1.29, 1.82) is 0 Å². The standard InChI is InChI=1S/C16H23N3O3/c1-13(20)19-9-7-18(8-10-19)12-16(21)17-11-14-5-3-4-6-15(14)22-2/h3-6H,7-12H2,1-2H3,(H,17,21). The molecule has 6 nitrogen and oxygen atoms in total. The Balaban J connectivity index is 1.76. The van der Waals surface area contributed by atoms with Gasteiger partial charge in [0.15, 0.2) is 0 Å². The van der Waals surface area contributed by atoms with Gasteiger partial charge in [-0.1, -0.05) is 18.2 Å². The molecule has 0 aliphatic carbocycles. The Kier molecular flexibility index (Phi) is 5.77. The minimum atomic E-state index is -0.0119. The molecule has 6 heteroatoms. The van der Waals surface area contributed by atoms with Gasteiger partial charge in [-0.2, -0.15) is 0 Å². The smallest absolute Gasteiger partial charge is 0.234 e. The molecule has 1 saturated heterocycles. The molecule has 0 atom stereocenters. The third-order valence-electron chi connectivity index (χ3n) is 3.85. The van der Waals surface area contributed by atoms with Gasteiger partial charge in [0.2, 0.25) is 11.8 Å². The third-order valence-corrected chi connectivity index (χ3v) is 3.85. The molecule has 1 aliphatic rings. The van der Waals surface area contributed by atoms with Crippen LogP contribution in [0.25, 0.3) is 0 Å². The number of methoxy groups -OCH3 is 1. The van der Waals surface area contributed by atoms with Gasteiger partial charge in [-0.05, 0) is 6.07 Å². The Bertz CT molecular complexity index is 525. The molecule has 2 rings (SSSR count). The van der Waals surface area contributed by atoms with Crippen molar-refractivity contribution >= 4 is 11.8 Å². The number of ether oxygens (including phenoxy) is 1. The lowest BCUT2D eigenvalue weighted by Gasteiger charge is -2.33. The summed E-state index contributed by atoms with van der Waals surface area (Å²) in [6, 6.07) is 7.64. The molecule has 1 N–H and O–H groups in total. The van der Waals surface area contributed by atoms with Gasteiger partial charge < -0.3 is 15.0 Å². The number of piperazine rings is 1. The summed E-state index contributed by atoms with van der Waals surface area (Å²) < 4.78 is 5.26. The van der Waals surface area contributed by atoms with Crippen LogP contribution >= 0.6 is 0 Å². The number of para-hydroxylation sites is 1. The van der Waals surface area contributed by atoms with E-state index in [9.17, 15) is 9.59 Å². The maximum atomic E-state index is 12.0. The first-order valence-electron chi connectivity index (χ1n) is 7.46. The molecule has 0 spiro atoms. The lowest BCUT2D eigenvalue weighted by atomic mass is 10.2. The van der Waals surface area contributed by atoms with E-state index in [4.69, 9.17) is 4.74 Å². The van der Waals surface area contributed by atoms with Crippen molar-refractivity contribution in [2.75, 3.05) is 39.8 Å². The summed E-state index contributed by atoms with van der Waals surface area (Å²) >= 11 is 0. The number of hydrogen-bond donors (Lipinski definition) is 1. The third kappa shape index (κ3) is 4.46. The molecule has 1 aliphatic heterocycles. The molecule has 22 heavy (non-hydrogen) atoms. The fraction of sp³-hybridized carbons (Fsp3) is 0.500. The SMILES string of the molecule is COc1ccccc1CNC(=O)CN1CCN(C(C)=O)CC1. The fourth-order valence-corrected chi connectivity index (χ4v) is 2.52. The van der Waals surface area contributed by atoms with E-state index in [0.717, 1.165) is 24.4 Å². The zero-order valence-electron chi connectivity index (χ0n) is 13.2. The number of nitrogens with zero attached hydrogens (tertiary/aromatic N) is 2. The molecule has 1 aromatic carbocycles. The Morgan fingerprint density at radius 1 is 1.18 bits per heavy atom. The highest BCUT2D eigenvalue weighted by Crippen LogP contribution is 2.16. The van der Waals surface area contributed by atoms with E-state index in [1.807, 2.05) is 29.2 Å². The zero-order chi connectivity index (χ0) is 15.9. The van der Waals surface area contributed by atoms with Gasteiger partial charge in [0.1, 0.15) is 5.75 Å². The molecule has 1 aromatic rings. The number of carbonyl (C=O) groups excluding carboxylic acids is 2. The maximum absolute atomic E-state index is 12.0. The predicted octanol–water partition coefficient (Wildman–Crippen LogP) is 0.475. The van der Waals surface area contributed by atoms with Crippen molar-refractivity contribution in [2.45, 2.75) is 13.5 Å². The minimum Gasteiger partial charge on any atom is -0.496 e. The van der Waals surface area contributed by atoms with Crippen molar-refractivity contribution in [3.8, 4) is 5.75 Å². The van der Waals surface area contributed by atoms with E-state index < -0.39 is 0 Å². The van der Waals surface area contributed by atoms with Crippen LogP contribution in [0.1, 0.15) is 12.5 Å². The Morgan fingerprint density at radius 2 is 1.86 bits per heavy atom. The highest BCUT2D eigenvalue weighted by Gasteiger charge is 2.20. The van der Waals surface area contributed by atoms with Crippen molar-refractivity contribution in [2.24, 2.45) is 0 Å². The largest absolute Gasteiger partial charge is 0.496 e. The number of carbonyl (C=O) groups is 2. The maximum Gasteiger partial charge on any atom is 0.234 e. The van der Waals surface area contributed by atoms with Crippen LogP contribution in [-0.4, -0.2) is 61.4 Å². The quantitative estimate of drug-likeness (QED) is 0.859. The number of hydrogen-bond acceptors (Lipinski definition) is 4. The van der Waals surface area contributed by atoms with Crippen molar-refractivity contribution in [3.63, 3.8) is 0 Å². The second kappa shape index (κ2) is 7.79. The second-order valence-electron chi connectivity index (χ2n) is 5.37. The second-order valence-corrected chi connectivity index (χ2v) is 5.37. The van der Waals surface area contributed by atoms with E-state index in [-0.39, 0.29) is 11.8 Å². The predicted molar refractivity (Wildman–Crippen MR) is 83.5 cm³/mol. The van der Waals surface area contributed by atoms with E-state index in [0.29, 0.717) is 26.2 Å². The monoisotopic (exact) mass is 305 g/mol. The fourth-order valence-electron chi connectivity index (χ4n) is 2.52. The summed E-state index contributed by atoms with van der Waals surface area (Å²) in [5, 5.41) is 2.91. The first-order chi connectivity index (χ1) is 10.6. The Morgan fingerprint density at radius 3 is 2.50 bits per heavy atom. The van der Waals surface area contributed by atoms with E-state index in [2.05, 4.69) is 10.2 Å². The summed E-state index contributed by atoms with van der Waals surface area (Å²) in [6.07, 6.45) is 0. The van der Waals surface area contributed by atoms with Crippen molar-refractivity contribution < 1.29 is 14.3 Å². The number of benzene rings is 1. The molecule has 0 bridgehead atoms. The van der Waals surface area contributed by atoms with Gasteiger partial charge >= 0.3 is 0 Å². The first-order valence-corrected chi connectivity index (χ1v) is 7.46. The highest BCUT2D eigenvalue weighted by molar-refractivity contribution is 5.78. The van der Waals surface area contributed by atoms with Crippen LogP contribution in [0.15, 0.2) is 24.3 Å². The molecule has 2 amide bonds. The molecule has 120 valence electrons. The molecule has 0 radical (unpaired) electrons. The summed E-state index contributed by atoms with van der Waals surface area (Å²) in [6.45, 7) is 5.25. The summed E-state index contributed by atoms with van der Waals surface area (Å²) in [4.78, 5) is 27.2. The van der Waals surface area contributed by atoms with Gasteiger partial charge in [-0.3, -0.25) is 14.5 Å². The average Bonchev–Trinajstić information content (AvgIpc) is 2.53. The van der Waals surface area contributed by atoms with Crippen LogP contribution in [0.4, 0.5) is 0 Å².